The smallest absolute Gasteiger partial charge is 0.106 e. The summed E-state index contributed by atoms with van der Waals surface area (Å²) in [7, 11) is 0. The predicted octanol–water partition coefficient (Wildman–Crippen LogP) is 1.22. The number of hydrogen-bond acceptors (Lipinski definition) is 3. The van der Waals surface area contributed by atoms with Crippen molar-refractivity contribution < 1.29 is 5.11 Å². The molecule has 2 atom stereocenters. The number of nitrogens with two attached hydrogens (primary N) is 1. The quantitative estimate of drug-likeness (QED) is 0.752. The van der Waals surface area contributed by atoms with Gasteiger partial charge < -0.3 is 10.8 Å². The Morgan fingerprint density at radius 1 is 1.67 bits per heavy atom. The van der Waals surface area contributed by atoms with Crippen molar-refractivity contribution in [3.63, 3.8) is 0 Å². The zero-order chi connectivity index (χ0) is 9.14. The van der Waals surface area contributed by atoms with Gasteiger partial charge in [-0.3, -0.25) is 0 Å². The number of nitrogens with zero attached hydrogens (tertiary/aromatic N) is 1. The maximum absolute atomic E-state index is 9.20. The minimum absolute atomic E-state index is 0.343. The summed E-state index contributed by atoms with van der Waals surface area (Å²) >= 11 is 3.23. The largest absolute Gasteiger partial charge is 0.391 e. The Kier molecular flexibility index (Phi) is 3.20. The van der Waals surface area contributed by atoms with E-state index in [1.807, 2.05) is 0 Å². The lowest BCUT2D eigenvalue weighted by molar-refractivity contribution is 0.164. The molecule has 0 spiro atoms. The summed E-state index contributed by atoms with van der Waals surface area (Å²) in [4.78, 5) is 3.96. The molecule has 0 bridgehead atoms. The Hall–Kier alpha value is -0.450. The lowest BCUT2D eigenvalue weighted by Crippen LogP contribution is -2.23. The molecule has 0 aliphatic carbocycles. The monoisotopic (exact) mass is 230 g/mol. The molecule has 4 heteroatoms. The predicted molar refractivity (Wildman–Crippen MR) is 50.5 cm³/mol. The van der Waals surface area contributed by atoms with Crippen LogP contribution in [0.25, 0.3) is 0 Å². The first-order valence-corrected chi connectivity index (χ1v) is 4.45. The average molecular weight is 231 g/mol. The van der Waals surface area contributed by atoms with Crippen LogP contribution in [0, 0.1) is 0 Å². The summed E-state index contributed by atoms with van der Waals surface area (Å²) in [5.74, 6) is 0. The topological polar surface area (TPSA) is 59.1 Å². The Morgan fingerprint density at radius 2 is 2.33 bits per heavy atom. The van der Waals surface area contributed by atoms with Gasteiger partial charge in [-0.05, 0) is 40.5 Å². The standard InChI is InChI=1S/C8H11BrN2O/c1-5(12)8(10)6-2-3-11-7(9)4-6/h2-5,8,12H,10H2,1H3. The number of aromatic nitrogens is 1. The zero-order valence-corrected chi connectivity index (χ0v) is 8.32. The van der Waals surface area contributed by atoms with Gasteiger partial charge >= 0.3 is 0 Å². The van der Waals surface area contributed by atoms with Gasteiger partial charge in [-0.1, -0.05) is 0 Å². The fourth-order valence-electron chi connectivity index (χ4n) is 0.903. The van der Waals surface area contributed by atoms with Gasteiger partial charge in [-0.15, -0.1) is 0 Å². The summed E-state index contributed by atoms with van der Waals surface area (Å²) in [5.41, 5.74) is 6.59. The van der Waals surface area contributed by atoms with Gasteiger partial charge in [0.25, 0.3) is 0 Å². The maximum atomic E-state index is 9.20. The van der Waals surface area contributed by atoms with Crippen molar-refractivity contribution >= 4 is 15.9 Å². The summed E-state index contributed by atoms with van der Waals surface area (Å²) in [6.45, 7) is 1.67. The van der Waals surface area contributed by atoms with Crippen molar-refractivity contribution in [1.29, 1.82) is 0 Å². The van der Waals surface area contributed by atoms with Crippen LogP contribution >= 0.6 is 15.9 Å². The number of pyridine rings is 1. The first-order chi connectivity index (χ1) is 5.61. The van der Waals surface area contributed by atoms with Crippen molar-refractivity contribution in [3.05, 3.63) is 28.5 Å². The third-order valence-electron chi connectivity index (χ3n) is 1.66. The van der Waals surface area contributed by atoms with Crippen molar-refractivity contribution in [2.75, 3.05) is 0 Å². The van der Waals surface area contributed by atoms with Gasteiger partial charge in [0.1, 0.15) is 4.60 Å². The molecule has 0 amide bonds. The number of hydrogen-bond donors (Lipinski definition) is 2. The average Bonchev–Trinajstić information content (AvgIpc) is 2.03. The van der Waals surface area contributed by atoms with E-state index in [1.54, 1.807) is 25.3 Å². The molecule has 0 saturated heterocycles. The third kappa shape index (κ3) is 2.27. The molecule has 3 N–H and O–H groups in total. The molecule has 0 saturated carbocycles. The van der Waals surface area contributed by atoms with E-state index in [-0.39, 0.29) is 6.04 Å². The normalized spacial score (nSPS) is 15.7. The van der Waals surface area contributed by atoms with E-state index >= 15 is 0 Å². The minimum atomic E-state index is -0.542. The van der Waals surface area contributed by atoms with Gasteiger partial charge in [0.05, 0.1) is 12.1 Å². The maximum Gasteiger partial charge on any atom is 0.106 e. The number of aliphatic hydroxyl groups excluding tert-OH is 1. The second-order valence-corrected chi connectivity index (χ2v) is 3.49. The molecule has 12 heavy (non-hydrogen) atoms. The first kappa shape index (κ1) is 9.64. The molecular formula is C8H11BrN2O. The van der Waals surface area contributed by atoms with Crippen molar-refractivity contribution in [2.45, 2.75) is 19.1 Å². The van der Waals surface area contributed by atoms with Crippen LogP contribution in [0.2, 0.25) is 0 Å². The number of aliphatic hydroxyl groups is 1. The Balaban J connectivity index is 2.88. The highest BCUT2D eigenvalue weighted by molar-refractivity contribution is 9.10. The van der Waals surface area contributed by atoms with E-state index in [0.717, 1.165) is 10.2 Å². The highest BCUT2D eigenvalue weighted by atomic mass is 79.9. The van der Waals surface area contributed by atoms with Crippen LogP contribution in [0.1, 0.15) is 18.5 Å². The summed E-state index contributed by atoms with van der Waals surface area (Å²) in [6, 6.07) is 3.25. The van der Waals surface area contributed by atoms with E-state index in [2.05, 4.69) is 20.9 Å². The molecule has 0 radical (unpaired) electrons. The van der Waals surface area contributed by atoms with E-state index in [4.69, 9.17) is 5.73 Å². The second-order valence-electron chi connectivity index (χ2n) is 2.68. The molecule has 0 aliphatic heterocycles. The summed E-state index contributed by atoms with van der Waals surface area (Å²) in [6.07, 6.45) is 1.11. The van der Waals surface area contributed by atoms with Crippen molar-refractivity contribution in [3.8, 4) is 0 Å². The molecule has 3 nitrogen and oxygen atoms in total. The van der Waals surface area contributed by atoms with Gasteiger partial charge in [0.2, 0.25) is 0 Å². The van der Waals surface area contributed by atoms with Crippen LogP contribution in [-0.4, -0.2) is 16.2 Å². The SMILES string of the molecule is CC(O)C(N)c1ccnc(Br)c1. The Morgan fingerprint density at radius 3 is 2.83 bits per heavy atom. The van der Waals surface area contributed by atoms with Crippen molar-refractivity contribution in [1.82, 2.24) is 4.98 Å². The summed E-state index contributed by atoms with van der Waals surface area (Å²) in [5, 5.41) is 9.20. The molecule has 1 aromatic heterocycles. The molecule has 0 aromatic carbocycles. The molecular weight excluding hydrogens is 220 g/mol. The second kappa shape index (κ2) is 3.98. The molecule has 66 valence electrons. The van der Waals surface area contributed by atoms with E-state index in [0.29, 0.717) is 0 Å². The van der Waals surface area contributed by atoms with Gasteiger partial charge in [0, 0.05) is 6.20 Å². The van der Waals surface area contributed by atoms with Crippen LogP contribution in [0.15, 0.2) is 22.9 Å². The molecule has 1 heterocycles. The molecule has 2 unspecified atom stereocenters. The third-order valence-corrected chi connectivity index (χ3v) is 2.09. The van der Waals surface area contributed by atoms with E-state index in [9.17, 15) is 5.11 Å². The highest BCUT2D eigenvalue weighted by Gasteiger charge is 2.11. The fourth-order valence-corrected chi connectivity index (χ4v) is 1.29. The molecule has 0 fully saturated rings. The fraction of sp³-hybridized carbons (Fsp3) is 0.375. The highest BCUT2D eigenvalue weighted by Crippen LogP contribution is 2.16. The van der Waals surface area contributed by atoms with Crippen LogP contribution in [-0.2, 0) is 0 Å². The Bertz CT molecular complexity index is 265. The van der Waals surface area contributed by atoms with E-state index < -0.39 is 6.10 Å². The lowest BCUT2D eigenvalue weighted by atomic mass is 10.1. The minimum Gasteiger partial charge on any atom is -0.391 e. The molecule has 1 rings (SSSR count). The molecule has 0 aliphatic rings. The van der Waals surface area contributed by atoms with Gasteiger partial charge in [-0.2, -0.15) is 0 Å². The summed E-state index contributed by atoms with van der Waals surface area (Å²) < 4.78 is 0.733. The molecule has 1 aromatic rings. The van der Waals surface area contributed by atoms with Gasteiger partial charge in [0.15, 0.2) is 0 Å². The Labute approximate surface area is 79.7 Å². The number of rotatable bonds is 2. The van der Waals surface area contributed by atoms with Crippen LogP contribution in [0.3, 0.4) is 0 Å². The van der Waals surface area contributed by atoms with E-state index in [1.165, 1.54) is 0 Å². The number of halogens is 1. The first-order valence-electron chi connectivity index (χ1n) is 3.66. The van der Waals surface area contributed by atoms with Crippen LogP contribution < -0.4 is 5.73 Å². The van der Waals surface area contributed by atoms with Gasteiger partial charge in [-0.25, -0.2) is 4.98 Å². The van der Waals surface area contributed by atoms with Crippen molar-refractivity contribution in [2.24, 2.45) is 5.73 Å². The van der Waals surface area contributed by atoms with Crippen LogP contribution in [0.5, 0.6) is 0 Å². The lowest BCUT2D eigenvalue weighted by Gasteiger charge is -2.14. The van der Waals surface area contributed by atoms with Crippen LogP contribution in [0.4, 0.5) is 0 Å². The zero-order valence-electron chi connectivity index (χ0n) is 6.74.